The van der Waals surface area contributed by atoms with Crippen LogP contribution in [0.25, 0.3) is 0 Å². The van der Waals surface area contributed by atoms with Crippen molar-refractivity contribution in [2.75, 3.05) is 53.1 Å². The molecule has 7 nitrogen and oxygen atoms in total. The Kier molecular flexibility index (Phi) is 6.61. The van der Waals surface area contributed by atoms with Gasteiger partial charge in [0.25, 0.3) is 0 Å². The number of pyridine rings is 1. The van der Waals surface area contributed by atoms with Gasteiger partial charge in [0.2, 0.25) is 0 Å². The third-order valence-electron chi connectivity index (χ3n) is 5.00. The Labute approximate surface area is 149 Å². The number of carbonyl (C=O) groups excluding carboxylic acids is 1. The fourth-order valence-corrected chi connectivity index (χ4v) is 3.52. The van der Waals surface area contributed by atoms with Crippen molar-refractivity contribution in [2.24, 2.45) is 5.92 Å². The number of hydrogen-bond donors (Lipinski definition) is 1. The average molecular weight is 348 g/mol. The zero-order valence-corrected chi connectivity index (χ0v) is 14.9. The second-order valence-electron chi connectivity index (χ2n) is 6.74. The van der Waals surface area contributed by atoms with E-state index in [0.29, 0.717) is 25.0 Å². The van der Waals surface area contributed by atoms with Gasteiger partial charge in [-0.15, -0.1) is 0 Å². The van der Waals surface area contributed by atoms with Crippen molar-refractivity contribution >= 4 is 6.03 Å². The van der Waals surface area contributed by atoms with Crippen LogP contribution in [0.1, 0.15) is 12.0 Å². The van der Waals surface area contributed by atoms with Gasteiger partial charge < -0.3 is 19.7 Å². The molecule has 25 heavy (non-hydrogen) atoms. The highest BCUT2D eigenvalue weighted by Gasteiger charge is 2.31. The molecule has 0 saturated carbocycles. The Hall–Kier alpha value is -1.70. The maximum Gasteiger partial charge on any atom is 0.317 e. The van der Waals surface area contributed by atoms with Crippen LogP contribution in [0.15, 0.2) is 24.5 Å². The van der Waals surface area contributed by atoms with Crippen LogP contribution in [0.4, 0.5) is 4.79 Å². The summed E-state index contributed by atoms with van der Waals surface area (Å²) < 4.78 is 11.0. The molecule has 3 rings (SSSR count). The number of morpholine rings is 1. The molecule has 2 aliphatic heterocycles. The van der Waals surface area contributed by atoms with Crippen LogP contribution >= 0.6 is 0 Å². The lowest BCUT2D eigenvalue weighted by Gasteiger charge is -2.37. The second kappa shape index (κ2) is 9.12. The summed E-state index contributed by atoms with van der Waals surface area (Å²) in [5.41, 5.74) is 1.07. The first-order valence-corrected chi connectivity index (χ1v) is 9.01. The minimum Gasteiger partial charge on any atom is -0.381 e. The summed E-state index contributed by atoms with van der Waals surface area (Å²) in [6.07, 6.45) is 4.55. The summed E-state index contributed by atoms with van der Waals surface area (Å²) in [4.78, 5) is 20.6. The Morgan fingerprint density at radius 1 is 1.32 bits per heavy atom. The number of carbonyl (C=O) groups is 1. The van der Waals surface area contributed by atoms with Gasteiger partial charge >= 0.3 is 6.03 Å². The monoisotopic (exact) mass is 348 g/mol. The van der Waals surface area contributed by atoms with Crippen molar-refractivity contribution in [3.05, 3.63) is 30.1 Å². The summed E-state index contributed by atoms with van der Waals surface area (Å²) >= 11 is 0. The zero-order valence-electron chi connectivity index (χ0n) is 14.9. The molecule has 2 atom stereocenters. The van der Waals surface area contributed by atoms with Crippen molar-refractivity contribution in [3.63, 3.8) is 0 Å². The number of nitrogens with one attached hydrogen (secondary N) is 1. The smallest absolute Gasteiger partial charge is 0.317 e. The lowest BCUT2D eigenvalue weighted by molar-refractivity contribution is 0.00190. The highest BCUT2D eigenvalue weighted by atomic mass is 16.5. The summed E-state index contributed by atoms with van der Waals surface area (Å²) in [5.74, 6) is 0.476. The molecule has 3 heterocycles. The quantitative estimate of drug-likeness (QED) is 0.829. The molecule has 0 unspecified atom stereocenters. The highest BCUT2D eigenvalue weighted by Crippen LogP contribution is 2.21. The van der Waals surface area contributed by atoms with E-state index in [1.807, 2.05) is 19.2 Å². The van der Waals surface area contributed by atoms with Crippen molar-refractivity contribution in [2.45, 2.75) is 19.0 Å². The Bertz CT molecular complexity index is 530. The molecule has 1 N–H and O–H groups in total. The van der Waals surface area contributed by atoms with E-state index in [-0.39, 0.29) is 6.03 Å². The van der Waals surface area contributed by atoms with Gasteiger partial charge in [-0.3, -0.25) is 9.88 Å². The number of amides is 2. The Morgan fingerprint density at radius 3 is 2.76 bits per heavy atom. The summed E-state index contributed by atoms with van der Waals surface area (Å²) in [6, 6.07) is 4.12. The number of aromatic nitrogens is 1. The predicted octanol–water partition coefficient (Wildman–Crippen LogP) is 0.960. The molecule has 2 saturated heterocycles. The molecule has 1 aromatic heterocycles. The van der Waals surface area contributed by atoms with E-state index in [0.717, 1.165) is 51.5 Å². The fraction of sp³-hybridized carbons (Fsp3) is 0.667. The van der Waals surface area contributed by atoms with Crippen LogP contribution in [-0.2, 0) is 16.0 Å². The third kappa shape index (κ3) is 5.14. The number of urea groups is 1. The zero-order chi connectivity index (χ0) is 17.5. The molecule has 0 aliphatic carbocycles. The Balaban J connectivity index is 1.53. The molecule has 138 valence electrons. The fourth-order valence-electron chi connectivity index (χ4n) is 3.52. The van der Waals surface area contributed by atoms with E-state index >= 15 is 0 Å². The maximum absolute atomic E-state index is 12.5. The first kappa shape index (κ1) is 18.1. The third-order valence-corrected chi connectivity index (χ3v) is 5.00. The van der Waals surface area contributed by atoms with E-state index in [1.165, 1.54) is 0 Å². The van der Waals surface area contributed by atoms with Gasteiger partial charge in [-0.05, 0) is 24.1 Å². The van der Waals surface area contributed by atoms with Crippen LogP contribution < -0.4 is 5.32 Å². The van der Waals surface area contributed by atoms with E-state index in [2.05, 4.69) is 15.2 Å². The van der Waals surface area contributed by atoms with Crippen LogP contribution in [0.3, 0.4) is 0 Å². The molecule has 2 amide bonds. The molecular weight excluding hydrogens is 320 g/mol. The minimum atomic E-state index is -0.0472. The lowest BCUT2D eigenvalue weighted by atomic mass is 9.97. The molecular formula is C18H28N4O3. The van der Waals surface area contributed by atoms with Gasteiger partial charge in [-0.1, -0.05) is 0 Å². The average Bonchev–Trinajstić information content (AvgIpc) is 3.18. The van der Waals surface area contributed by atoms with Crippen LogP contribution in [0.5, 0.6) is 0 Å². The Morgan fingerprint density at radius 2 is 2.08 bits per heavy atom. The first-order chi connectivity index (χ1) is 12.2. The van der Waals surface area contributed by atoms with E-state index in [1.54, 1.807) is 17.3 Å². The molecule has 0 bridgehead atoms. The molecule has 2 aliphatic rings. The number of rotatable bonds is 6. The van der Waals surface area contributed by atoms with Crippen LogP contribution in [0, 0.1) is 5.92 Å². The molecule has 1 aromatic rings. The first-order valence-electron chi connectivity index (χ1n) is 9.01. The lowest BCUT2D eigenvalue weighted by Crippen LogP contribution is -2.53. The van der Waals surface area contributed by atoms with Crippen molar-refractivity contribution in [1.82, 2.24) is 20.1 Å². The molecule has 2 fully saturated rings. The van der Waals surface area contributed by atoms with Crippen molar-refractivity contribution in [3.8, 4) is 0 Å². The SMILES string of the molecule is CN(Cc1ccncc1)C(=O)NC[C@@H]([C@@H]1CCOC1)N1CCOCC1. The van der Waals surface area contributed by atoms with Gasteiger partial charge in [0.05, 0.1) is 19.8 Å². The highest BCUT2D eigenvalue weighted by molar-refractivity contribution is 5.73. The normalized spacial score (nSPS) is 22.5. The topological polar surface area (TPSA) is 66.9 Å². The van der Waals surface area contributed by atoms with Gasteiger partial charge in [-0.25, -0.2) is 4.79 Å². The summed E-state index contributed by atoms with van der Waals surface area (Å²) in [7, 11) is 1.82. The standard InChI is InChI=1S/C18H28N4O3/c1-21(13-15-2-5-19-6-3-15)18(23)20-12-17(16-4-9-25-14-16)22-7-10-24-11-8-22/h2-3,5-6,16-17H,4,7-14H2,1H3,(H,20,23)/t16-,17+/m1/s1. The van der Waals surface area contributed by atoms with Crippen LogP contribution in [0.2, 0.25) is 0 Å². The summed E-state index contributed by atoms with van der Waals surface area (Å²) in [5, 5.41) is 3.11. The predicted molar refractivity (Wildman–Crippen MR) is 94.2 cm³/mol. The summed E-state index contributed by atoms with van der Waals surface area (Å²) in [6.45, 7) is 6.19. The molecule has 7 heteroatoms. The minimum absolute atomic E-state index is 0.0472. The number of nitrogens with zero attached hydrogens (tertiary/aromatic N) is 3. The van der Waals surface area contributed by atoms with Gasteiger partial charge in [0.1, 0.15) is 0 Å². The van der Waals surface area contributed by atoms with Crippen molar-refractivity contribution in [1.29, 1.82) is 0 Å². The largest absolute Gasteiger partial charge is 0.381 e. The molecule has 0 aromatic carbocycles. The number of ether oxygens (including phenoxy) is 2. The van der Waals surface area contributed by atoms with E-state index in [9.17, 15) is 4.79 Å². The second-order valence-corrected chi connectivity index (χ2v) is 6.74. The van der Waals surface area contributed by atoms with Gasteiger partial charge in [-0.2, -0.15) is 0 Å². The van der Waals surface area contributed by atoms with Crippen LogP contribution in [-0.4, -0.2) is 80.0 Å². The maximum atomic E-state index is 12.5. The van der Waals surface area contributed by atoms with E-state index < -0.39 is 0 Å². The molecule has 0 spiro atoms. The van der Waals surface area contributed by atoms with Crippen molar-refractivity contribution < 1.29 is 14.3 Å². The number of hydrogen-bond acceptors (Lipinski definition) is 5. The van der Waals surface area contributed by atoms with Gasteiger partial charge in [0.15, 0.2) is 0 Å². The van der Waals surface area contributed by atoms with E-state index in [4.69, 9.17) is 9.47 Å². The van der Waals surface area contributed by atoms with Gasteiger partial charge in [0, 0.05) is 64.2 Å². The molecule has 0 radical (unpaired) electrons.